The van der Waals surface area contributed by atoms with Crippen LogP contribution in [0, 0.1) is 0 Å². The normalized spacial score (nSPS) is 14.5. The molecule has 100 valence electrons. The lowest BCUT2D eigenvalue weighted by atomic mass is 10.3. The number of nitrogens with two attached hydrogens (primary N) is 1. The molecule has 1 amide bonds. The Hall–Kier alpha value is -0.950. The summed E-state index contributed by atoms with van der Waals surface area (Å²) in [5, 5.41) is 7.27. The highest BCUT2D eigenvalue weighted by Crippen LogP contribution is 2.34. The average Bonchev–Trinajstić information content (AvgIpc) is 3.08. The van der Waals surface area contributed by atoms with Gasteiger partial charge in [0.15, 0.2) is 5.82 Å². The van der Waals surface area contributed by atoms with Crippen molar-refractivity contribution in [1.29, 1.82) is 0 Å². The highest BCUT2D eigenvalue weighted by Gasteiger charge is 2.22. The molecule has 4 N–H and O–H groups in total. The van der Waals surface area contributed by atoms with Crippen LogP contribution in [0.4, 0.5) is 10.8 Å². The molecule has 0 saturated heterocycles. The van der Waals surface area contributed by atoms with Crippen molar-refractivity contribution in [1.82, 2.24) is 9.69 Å². The molecule has 0 spiro atoms. The van der Waals surface area contributed by atoms with E-state index in [0.717, 1.165) is 35.7 Å². The third-order valence-electron chi connectivity index (χ3n) is 2.69. The summed E-state index contributed by atoms with van der Waals surface area (Å²) in [7, 11) is 0. The van der Waals surface area contributed by atoms with E-state index >= 15 is 0 Å². The van der Waals surface area contributed by atoms with Crippen molar-refractivity contribution in [3.8, 4) is 0 Å². The average molecular weight is 286 g/mol. The number of thioether (sulfide) groups is 1. The molecular weight excluding hydrogens is 268 g/mol. The fourth-order valence-corrected chi connectivity index (χ4v) is 3.15. The van der Waals surface area contributed by atoms with Gasteiger partial charge in [0.25, 0.3) is 0 Å². The van der Waals surface area contributed by atoms with E-state index in [2.05, 4.69) is 15.0 Å². The van der Waals surface area contributed by atoms with Gasteiger partial charge in [0.1, 0.15) is 5.00 Å². The lowest BCUT2D eigenvalue weighted by Crippen LogP contribution is -2.25. The van der Waals surface area contributed by atoms with E-state index in [9.17, 15) is 4.79 Å². The number of carbonyl (C=O) groups is 1. The number of anilines is 2. The van der Waals surface area contributed by atoms with Crippen LogP contribution in [-0.4, -0.2) is 29.1 Å². The smallest absolute Gasteiger partial charge is 0.220 e. The molecule has 2 rings (SSSR count). The van der Waals surface area contributed by atoms with Gasteiger partial charge in [-0.25, -0.2) is 0 Å². The minimum absolute atomic E-state index is 0.160. The lowest BCUT2D eigenvalue weighted by Gasteiger charge is -2.06. The van der Waals surface area contributed by atoms with E-state index in [4.69, 9.17) is 5.73 Å². The molecule has 18 heavy (non-hydrogen) atoms. The predicted molar refractivity (Wildman–Crippen MR) is 77.2 cm³/mol. The third-order valence-corrected chi connectivity index (χ3v) is 4.46. The summed E-state index contributed by atoms with van der Waals surface area (Å²) < 4.78 is 4.11. The number of aromatic nitrogens is 1. The molecule has 1 aliphatic rings. The van der Waals surface area contributed by atoms with Crippen molar-refractivity contribution in [3.63, 3.8) is 0 Å². The first-order chi connectivity index (χ1) is 8.70. The molecule has 1 fully saturated rings. The van der Waals surface area contributed by atoms with Gasteiger partial charge >= 0.3 is 0 Å². The quantitative estimate of drug-likeness (QED) is 0.527. The number of rotatable bonds is 7. The van der Waals surface area contributed by atoms with E-state index in [1.54, 1.807) is 11.8 Å². The molecular formula is C11H18N4OS2. The van der Waals surface area contributed by atoms with E-state index in [0.29, 0.717) is 18.3 Å². The second-order valence-corrected chi connectivity index (χ2v) is 5.89. The van der Waals surface area contributed by atoms with Crippen LogP contribution in [0.3, 0.4) is 0 Å². The van der Waals surface area contributed by atoms with Gasteiger partial charge in [0.2, 0.25) is 5.91 Å². The van der Waals surface area contributed by atoms with Crippen LogP contribution in [0.25, 0.3) is 0 Å². The predicted octanol–water partition coefficient (Wildman–Crippen LogP) is 1.92. The van der Waals surface area contributed by atoms with Crippen LogP contribution in [0.1, 0.15) is 25.7 Å². The Morgan fingerprint density at radius 2 is 2.39 bits per heavy atom. The standard InChI is InChI=1S/C11H18N4OS2/c1-17-9-10(12)15-18-11(9)13-6-2-3-8(16)14-7-4-5-7/h7,13H,2-6H2,1H3,(H2,12,15)(H,14,16). The zero-order valence-electron chi connectivity index (χ0n) is 10.4. The van der Waals surface area contributed by atoms with E-state index < -0.39 is 0 Å². The van der Waals surface area contributed by atoms with Gasteiger partial charge in [0, 0.05) is 19.0 Å². The van der Waals surface area contributed by atoms with Gasteiger partial charge in [-0.1, -0.05) is 0 Å². The molecule has 1 saturated carbocycles. The third kappa shape index (κ3) is 3.78. The molecule has 1 aliphatic carbocycles. The second-order valence-electron chi connectivity index (χ2n) is 4.30. The van der Waals surface area contributed by atoms with Gasteiger partial charge in [-0.2, -0.15) is 4.37 Å². The summed E-state index contributed by atoms with van der Waals surface area (Å²) in [5.41, 5.74) is 5.74. The summed E-state index contributed by atoms with van der Waals surface area (Å²) in [6.07, 6.45) is 5.66. The maximum Gasteiger partial charge on any atom is 0.220 e. The molecule has 0 aliphatic heterocycles. The fraction of sp³-hybridized carbons (Fsp3) is 0.636. The Morgan fingerprint density at radius 3 is 3.06 bits per heavy atom. The van der Waals surface area contributed by atoms with Crippen LogP contribution in [0.2, 0.25) is 0 Å². The summed E-state index contributed by atoms with van der Waals surface area (Å²) >= 11 is 2.96. The van der Waals surface area contributed by atoms with Gasteiger partial charge in [-0.3, -0.25) is 4.79 Å². The van der Waals surface area contributed by atoms with Crippen LogP contribution >= 0.6 is 23.3 Å². The van der Waals surface area contributed by atoms with Crippen LogP contribution < -0.4 is 16.4 Å². The van der Waals surface area contributed by atoms with E-state index in [1.807, 2.05) is 6.26 Å². The Kier molecular flexibility index (Phi) is 4.71. The first kappa shape index (κ1) is 13.5. The molecule has 1 aromatic heterocycles. The number of carbonyl (C=O) groups excluding carboxylic acids is 1. The number of nitrogens with one attached hydrogen (secondary N) is 2. The summed E-state index contributed by atoms with van der Waals surface area (Å²) in [6.45, 7) is 0.771. The number of hydrogen-bond donors (Lipinski definition) is 3. The van der Waals surface area contributed by atoms with Crippen molar-refractivity contribution in [2.75, 3.05) is 23.9 Å². The highest BCUT2D eigenvalue weighted by atomic mass is 32.2. The zero-order chi connectivity index (χ0) is 13.0. The second kappa shape index (κ2) is 6.29. The van der Waals surface area contributed by atoms with Crippen LogP contribution in [0.5, 0.6) is 0 Å². The minimum atomic E-state index is 0.160. The molecule has 5 nitrogen and oxygen atoms in total. The SMILES string of the molecule is CSc1c(N)nsc1NCCCC(=O)NC1CC1. The highest BCUT2D eigenvalue weighted by molar-refractivity contribution is 7.99. The van der Waals surface area contributed by atoms with Gasteiger partial charge < -0.3 is 16.4 Å². The molecule has 0 aromatic carbocycles. The Morgan fingerprint density at radius 1 is 1.61 bits per heavy atom. The Labute approximate surface area is 115 Å². The van der Waals surface area contributed by atoms with E-state index in [1.165, 1.54) is 11.5 Å². The van der Waals surface area contributed by atoms with Crippen molar-refractivity contribution in [3.05, 3.63) is 0 Å². The van der Waals surface area contributed by atoms with Gasteiger partial charge in [0.05, 0.1) is 4.90 Å². The van der Waals surface area contributed by atoms with Crippen molar-refractivity contribution >= 4 is 40.0 Å². The molecule has 1 heterocycles. The molecule has 7 heteroatoms. The van der Waals surface area contributed by atoms with Gasteiger partial charge in [-0.05, 0) is 37.1 Å². The number of amides is 1. The molecule has 1 aromatic rings. The topological polar surface area (TPSA) is 80.0 Å². The van der Waals surface area contributed by atoms with Crippen molar-refractivity contribution in [2.24, 2.45) is 0 Å². The number of hydrogen-bond acceptors (Lipinski definition) is 6. The first-order valence-corrected chi connectivity index (χ1v) is 8.03. The van der Waals surface area contributed by atoms with Crippen LogP contribution in [0.15, 0.2) is 4.90 Å². The number of nitrogen functional groups attached to an aromatic ring is 1. The molecule has 0 atom stereocenters. The van der Waals surface area contributed by atoms with E-state index in [-0.39, 0.29) is 5.91 Å². The fourth-order valence-electron chi connectivity index (χ4n) is 1.58. The maximum atomic E-state index is 11.5. The number of nitrogens with zero attached hydrogens (tertiary/aromatic N) is 1. The van der Waals surface area contributed by atoms with Crippen molar-refractivity contribution < 1.29 is 4.79 Å². The Balaban J connectivity index is 1.66. The summed E-state index contributed by atoms with van der Waals surface area (Å²) in [5.74, 6) is 0.745. The summed E-state index contributed by atoms with van der Waals surface area (Å²) in [4.78, 5) is 12.5. The molecule has 0 radical (unpaired) electrons. The first-order valence-electron chi connectivity index (χ1n) is 6.03. The zero-order valence-corrected chi connectivity index (χ0v) is 12.0. The largest absolute Gasteiger partial charge is 0.382 e. The summed E-state index contributed by atoms with van der Waals surface area (Å²) in [6, 6.07) is 0.454. The van der Waals surface area contributed by atoms with Gasteiger partial charge in [-0.15, -0.1) is 11.8 Å². The van der Waals surface area contributed by atoms with Crippen molar-refractivity contribution in [2.45, 2.75) is 36.6 Å². The monoisotopic (exact) mass is 286 g/mol. The maximum absolute atomic E-state index is 11.5. The minimum Gasteiger partial charge on any atom is -0.382 e. The molecule has 0 bridgehead atoms. The van der Waals surface area contributed by atoms with Crippen LogP contribution in [-0.2, 0) is 4.79 Å². The lowest BCUT2D eigenvalue weighted by molar-refractivity contribution is -0.121. The molecule has 0 unspecified atom stereocenters. The Bertz CT molecular complexity index is 417.